The molecule has 0 atom stereocenters. The van der Waals surface area contributed by atoms with Crippen molar-refractivity contribution in [2.45, 2.75) is 71.6 Å². The Morgan fingerprint density at radius 2 is 1.80 bits per heavy atom. The predicted molar refractivity (Wildman–Crippen MR) is 148 cm³/mol. The third-order valence-corrected chi connectivity index (χ3v) is 7.26. The maximum atomic E-state index is 13.3. The van der Waals surface area contributed by atoms with Gasteiger partial charge in [-0.25, -0.2) is 29.4 Å². The molecule has 1 N–H and O–H groups in total. The molecule has 1 aliphatic rings. The Hall–Kier alpha value is -4.35. The Balaban J connectivity index is 1.31. The molecule has 4 aromatic heterocycles. The van der Waals surface area contributed by atoms with E-state index in [9.17, 15) is 13.2 Å². The molecule has 0 aliphatic heterocycles. The number of nitrogens with zero attached hydrogens (tertiary/aromatic N) is 8. The number of aryl methyl sites for hydroxylation is 2. The van der Waals surface area contributed by atoms with Crippen molar-refractivity contribution in [3.05, 3.63) is 71.3 Å². The maximum absolute atomic E-state index is 13.3. The van der Waals surface area contributed by atoms with Crippen molar-refractivity contribution in [3.63, 3.8) is 0 Å². The molecule has 1 aliphatic carbocycles. The standard InChI is InChI=1S/C29H30F3N9/c1-5-21-23(24(19-10-11-19)36-15-35-21)25-38-26(28-34-12-17(4)41(28)39-25)33-13-18-6-8-20(9-7-18)27-37-22(29(30,31)32)14-40(27)16(2)3/h6-9,12,14-16,19H,5,10-11,13H2,1-4H3,(H,33,38,39). The number of nitrogens with one attached hydrogen (secondary N) is 1. The molecule has 6 rings (SSSR count). The Bertz CT molecular complexity index is 1710. The van der Waals surface area contributed by atoms with Gasteiger partial charge in [-0.3, -0.25) is 0 Å². The first-order chi connectivity index (χ1) is 19.6. The lowest BCUT2D eigenvalue weighted by Crippen LogP contribution is -2.11. The molecule has 41 heavy (non-hydrogen) atoms. The number of benzene rings is 1. The lowest BCUT2D eigenvalue weighted by atomic mass is 10.1. The minimum Gasteiger partial charge on any atom is -0.363 e. The van der Waals surface area contributed by atoms with Crippen LogP contribution in [0.1, 0.15) is 73.9 Å². The number of rotatable bonds is 8. The molecule has 0 saturated heterocycles. The highest BCUT2D eigenvalue weighted by Gasteiger charge is 2.35. The van der Waals surface area contributed by atoms with Crippen LogP contribution in [0.3, 0.4) is 0 Å². The van der Waals surface area contributed by atoms with Crippen molar-refractivity contribution in [1.82, 2.24) is 39.1 Å². The summed E-state index contributed by atoms with van der Waals surface area (Å²) in [6.45, 7) is 8.08. The van der Waals surface area contributed by atoms with E-state index in [0.717, 1.165) is 53.7 Å². The summed E-state index contributed by atoms with van der Waals surface area (Å²) in [7, 11) is 0. The number of aromatic nitrogens is 8. The highest BCUT2D eigenvalue weighted by atomic mass is 19.4. The highest BCUT2D eigenvalue weighted by Crippen LogP contribution is 2.43. The van der Waals surface area contributed by atoms with E-state index in [-0.39, 0.29) is 11.9 Å². The fourth-order valence-corrected chi connectivity index (χ4v) is 4.93. The third-order valence-electron chi connectivity index (χ3n) is 7.26. The SMILES string of the molecule is CCc1ncnc(C2CC2)c1-c1nc(NCc2ccc(-c3nc(C(F)(F)F)cn3C(C)C)cc2)c2ncc(C)n2n1. The van der Waals surface area contributed by atoms with E-state index in [1.54, 1.807) is 33.7 Å². The average Bonchev–Trinajstić information content (AvgIpc) is 3.58. The van der Waals surface area contributed by atoms with Gasteiger partial charge in [0.1, 0.15) is 12.2 Å². The number of imidazole rings is 2. The van der Waals surface area contributed by atoms with Crippen molar-refractivity contribution in [2.24, 2.45) is 0 Å². The molecule has 212 valence electrons. The zero-order valence-corrected chi connectivity index (χ0v) is 23.2. The molecule has 5 aromatic rings. The summed E-state index contributed by atoms with van der Waals surface area (Å²) in [5.41, 5.74) is 4.90. The Morgan fingerprint density at radius 3 is 2.46 bits per heavy atom. The summed E-state index contributed by atoms with van der Waals surface area (Å²) in [5.74, 6) is 1.81. The molecule has 1 saturated carbocycles. The van der Waals surface area contributed by atoms with Crippen LogP contribution in [0.2, 0.25) is 0 Å². The average molecular weight is 562 g/mol. The first kappa shape index (κ1) is 26.9. The first-order valence-corrected chi connectivity index (χ1v) is 13.7. The van der Waals surface area contributed by atoms with Crippen LogP contribution in [0, 0.1) is 6.92 Å². The van der Waals surface area contributed by atoms with E-state index in [0.29, 0.717) is 35.3 Å². The van der Waals surface area contributed by atoms with Crippen molar-refractivity contribution in [2.75, 3.05) is 5.32 Å². The second-order valence-electron chi connectivity index (χ2n) is 10.6. The lowest BCUT2D eigenvalue weighted by molar-refractivity contribution is -0.140. The maximum Gasteiger partial charge on any atom is 0.434 e. The molecule has 4 heterocycles. The Labute approximate surface area is 234 Å². The van der Waals surface area contributed by atoms with E-state index in [4.69, 9.17) is 10.1 Å². The van der Waals surface area contributed by atoms with Crippen LogP contribution in [0.25, 0.3) is 28.4 Å². The van der Waals surface area contributed by atoms with Crippen LogP contribution in [0.4, 0.5) is 19.0 Å². The quantitative estimate of drug-likeness (QED) is 0.234. The summed E-state index contributed by atoms with van der Waals surface area (Å²) in [6, 6.07) is 7.14. The van der Waals surface area contributed by atoms with E-state index < -0.39 is 11.9 Å². The van der Waals surface area contributed by atoms with Crippen LogP contribution < -0.4 is 5.32 Å². The second kappa shape index (κ2) is 10.2. The van der Waals surface area contributed by atoms with Crippen LogP contribution in [-0.4, -0.2) is 39.1 Å². The highest BCUT2D eigenvalue weighted by molar-refractivity contribution is 5.70. The smallest absolute Gasteiger partial charge is 0.363 e. The van der Waals surface area contributed by atoms with Gasteiger partial charge in [0.15, 0.2) is 23.0 Å². The van der Waals surface area contributed by atoms with Crippen molar-refractivity contribution in [1.29, 1.82) is 0 Å². The Kier molecular flexibility index (Phi) is 6.71. The van der Waals surface area contributed by atoms with Gasteiger partial charge in [0.25, 0.3) is 0 Å². The molecule has 0 amide bonds. The van der Waals surface area contributed by atoms with Gasteiger partial charge in [-0.1, -0.05) is 31.2 Å². The third kappa shape index (κ3) is 5.14. The molecular weight excluding hydrogens is 531 g/mol. The normalized spacial score (nSPS) is 13.9. The summed E-state index contributed by atoms with van der Waals surface area (Å²) < 4.78 is 43.3. The molecule has 9 nitrogen and oxygen atoms in total. The van der Waals surface area contributed by atoms with Crippen LogP contribution in [0.15, 0.2) is 43.0 Å². The van der Waals surface area contributed by atoms with Gasteiger partial charge in [-0.2, -0.15) is 13.2 Å². The first-order valence-electron chi connectivity index (χ1n) is 13.7. The summed E-state index contributed by atoms with van der Waals surface area (Å²) in [4.78, 5) is 22.4. The number of hydrogen-bond donors (Lipinski definition) is 1. The van der Waals surface area contributed by atoms with Gasteiger partial charge in [-0.05, 0) is 45.6 Å². The monoisotopic (exact) mass is 561 g/mol. The molecular formula is C29H30F3N9. The van der Waals surface area contributed by atoms with E-state index in [1.165, 1.54) is 0 Å². The predicted octanol–water partition coefficient (Wildman–Crippen LogP) is 6.40. The summed E-state index contributed by atoms with van der Waals surface area (Å²) >= 11 is 0. The van der Waals surface area contributed by atoms with Gasteiger partial charge in [0.05, 0.1) is 28.8 Å². The number of fused-ring (bicyclic) bond motifs is 1. The van der Waals surface area contributed by atoms with E-state index in [2.05, 4.69) is 32.2 Å². The minimum absolute atomic E-state index is 0.175. The van der Waals surface area contributed by atoms with Gasteiger partial charge >= 0.3 is 6.18 Å². The molecule has 0 bridgehead atoms. The molecule has 12 heteroatoms. The number of alkyl halides is 3. The molecule has 1 aromatic carbocycles. The Morgan fingerprint density at radius 1 is 1.05 bits per heavy atom. The zero-order valence-electron chi connectivity index (χ0n) is 23.2. The number of hydrogen-bond acceptors (Lipinski definition) is 7. The number of anilines is 1. The largest absolute Gasteiger partial charge is 0.434 e. The van der Waals surface area contributed by atoms with Crippen LogP contribution in [0.5, 0.6) is 0 Å². The molecule has 0 unspecified atom stereocenters. The van der Waals surface area contributed by atoms with Gasteiger partial charge in [0, 0.05) is 30.3 Å². The van der Waals surface area contributed by atoms with Crippen molar-refractivity contribution >= 4 is 11.5 Å². The van der Waals surface area contributed by atoms with Gasteiger partial charge in [0.2, 0.25) is 0 Å². The molecule has 1 fully saturated rings. The van der Waals surface area contributed by atoms with Gasteiger partial charge < -0.3 is 9.88 Å². The van der Waals surface area contributed by atoms with E-state index >= 15 is 0 Å². The fourth-order valence-electron chi connectivity index (χ4n) is 4.93. The van der Waals surface area contributed by atoms with Crippen LogP contribution >= 0.6 is 0 Å². The topological polar surface area (TPSA) is 98.7 Å². The lowest BCUT2D eigenvalue weighted by Gasteiger charge is -2.14. The molecule has 0 spiro atoms. The zero-order chi connectivity index (χ0) is 28.9. The van der Waals surface area contributed by atoms with E-state index in [1.807, 2.05) is 32.9 Å². The minimum atomic E-state index is -4.51. The summed E-state index contributed by atoms with van der Waals surface area (Å²) in [6.07, 6.45) is 2.86. The van der Waals surface area contributed by atoms with Gasteiger partial charge in [-0.15, -0.1) is 5.10 Å². The van der Waals surface area contributed by atoms with Crippen molar-refractivity contribution < 1.29 is 13.2 Å². The molecule has 0 radical (unpaired) electrons. The summed E-state index contributed by atoms with van der Waals surface area (Å²) in [5, 5.41) is 8.22. The van der Waals surface area contributed by atoms with Crippen LogP contribution in [-0.2, 0) is 19.1 Å². The second-order valence-corrected chi connectivity index (χ2v) is 10.6. The fraction of sp³-hybridized carbons (Fsp3) is 0.379. The van der Waals surface area contributed by atoms with Crippen molar-refractivity contribution in [3.8, 4) is 22.8 Å². The number of halogens is 3.